The predicted molar refractivity (Wildman–Crippen MR) is 103 cm³/mol. The van der Waals surface area contributed by atoms with Crippen LogP contribution in [0.2, 0.25) is 0 Å². The smallest absolute Gasteiger partial charge is 0.250 e. The van der Waals surface area contributed by atoms with Crippen molar-refractivity contribution in [2.75, 3.05) is 25.5 Å². The number of alkyl halides is 3. The number of hydrogen-bond acceptors (Lipinski definition) is 5. The molecular formula is C17H20Cl3N5. The van der Waals surface area contributed by atoms with Crippen molar-refractivity contribution >= 4 is 40.8 Å². The van der Waals surface area contributed by atoms with E-state index in [0.29, 0.717) is 17.8 Å². The fourth-order valence-corrected chi connectivity index (χ4v) is 3.25. The molecule has 1 saturated heterocycles. The molecule has 1 N–H and O–H groups in total. The minimum absolute atomic E-state index is 0.117. The van der Waals surface area contributed by atoms with Crippen molar-refractivity contribution in [1.29, 1.82) is 0 Å². The Bertz CT molecular complexity index is 705. The fraction of sp³-hybridized carbons (Fsp3) is 0.471. The van der Waals surface area contributed by atoms with Crippen LogP contribution < -0.4 is 5.32 Å². The molecule has 1 atom stereocenters. The van der Waals surface area contributed by atoms with Gasteiger partial charge in [-0.05, 0) is 32.9 Å². The molecule has 0 saturated carbocycles. The number of halogens is 3. The molecule has 134 valence electrons. The zero-order valence-electron chi connectivity index (χ0n) is 13.9. The number of benzene rings is 1. The van der Waals surface area contributed by atoms with E-state index < -0.39 is 3.79 Å². The lowest BCUT2D eigenvalue weighted by atomic mass is 10.1. The van der Waals surface area contributed by atoms with Crippen LogP contribution in [0, 0.1) is 0 Å². The maximum Gasteiger partial charge on any atom is 0.250 e. The molecule has 1 aromatic carbocycles. The van der Waals surface area contributed by atoms with Crippen molar-refractivity contribution < 1.29 is 0 Å². The molecule has 8 heteroatoms. The summed E-state index contributed by atoms with van der Waals surface area (Å²) in [6.45, 7) is 1.92. The van der Waals surface area contributed by atoms with Gasteiger partial charge >= 0.3 is 0 Å². The number of hydrogen-bond donors (Lipinski definition) is 1. The van der Waals surface area contributed by atoms with Crippen molar-refractivity contribution in [2.45, 2.75) is 29.1 Å². The van der Waals surface area contributed by atoms with Gasteiger partial charge in [0.15, 0.2) is 11.6 Å². The molecule has 0 bridgehead atoms. The van der Waals surface area contributed by atoms with Gasteiger partial charge in [0, 0.05) is 18.2 Å². The van der Waals surface area contributed by atoms with E-state index in [9.17, 15) is 0 Å². The second kappa shape index (κ2) is 8.04. The number of likely N-dealkylation sites (tertiary alicyclic amines) is 1. The van der Waals surface area contributed by atoms with E-state index in [-0.39, 0.29) is 5.82 Å². The van der Waals surface area contributed by atoms with E-state index in [1.165, 1.54) is 12.8 Å². The molecule has 1 aliphatic heterocycles. The van der Waals surface area contributed by atoms with Crippen molar-refractivity contribution in [3.8, 4) is 11.4 Å². The first-order valence-electron chi connectivity index (χ1n) is 8.26. The molecule has 3 rings (SSSR count). The lowest BCUT2D eigenvalue weighted by Gasteiger charge is -2.19. The quantitative estimate of drug-likeness (QED) is 0.760. The van der Waals surface area contributed by atoms with Gasteiger partial charge in [-0.2, -0.15) is 9.97 Å². The van der Waals surface area contributed by atoms with Crippen molar-refractivity contribution in [3.63, 3.8) is 0 Å². The summed E-state index contributed by atoms with van der Waals surface area (Å²) < 4.78 is -1.70. The number of rotatable bonds is 5. The van der Waals surface area contributed by atoms with Gasteiger partial charge in [-0.1, -0.05) is 65.1 Å². The summed E-state index contributed by atoms with van der Waals surface area (Å²) >= 11 is 18.0. The minimum Gasteiger partial charge on any atom is -0.354 e. The molecule has 25 heavy (non-hydrogen) atoms. The Hall–Kier alpha value is -1.14. The highest BCUT2D eigenvalue weighted by Gasteiger charge is 2.28. The average molecular weight is 401 g/mol. The van der Waals surface area contributed by atoms with Gasteiger partial charge in [0.05, 0.1) is 0 Å². The van der Waals surface area contributed by atoms with Crippen LogP contribution in [0.15, 0.2) is 30.3 Å². The van der Waals surface area contributed by atoms with Crippen LogP contribution in [-0.4, -0.2) is 46.0 Å². The van der Waals surface area contributed by atoms with E-state index in [4.69, 9.17) is 34.8 Å². The van der Waals surface area contributed by atoms with E-state index in [1.54, 1.807) is 0 Å². The summed E-state index contributed by atoms with van der Waals surface area (Å²) in [4.78, 5) is 15.4. The topological polar surface area (TPSA) is 53.9 Å². The summed E-state index contributed by atoms with van der Waals surface area (Å²) in [5, 5.41) is 3.25. The summed E-state index contributed by atoms with van der Waals surface area (Å²) in [5.74, 6) is 1.03. The van der Waals surface area contributed by atoms with E-state index in [0.717, 1.165) is 25.1 Å². The predicted octanol–water partition coefficient (Wildman–Crippen LogP) is 4.26. The lowest BCUT2D eigenvalue weighted by Crippen LogP contribution is -2.27. The molecule has 2 aromatic rings. The van der Waals surface area contributed by atoms with Crippen LogP contribution in [-0.2, 0) is 3.79 Å². The van der Waals surface area contributed by atoms with Crippen molar-refractivity contribution in [3.05, 3.63) is 36.2 Å². The molecule has 1 aliphatic rings. The summed E-state index contributed by atoms with van der Waals surface area (Å²) in [6.07, 6.45) is 3.50. The highest BCUT2D eigenvalue weighted by molar-refractivity contribution is 6.66. The van der Waals surface area contributed by atoms with Gasteiger partial charge in [0.2, 0.25) is 9.74 Å². The molecular weight excluding hydrogens is 381 g/mol. The zero-order valence-corrected chi connectivity index (χ0v) is 16.2. The van der Waals surface area contributed by atoms with Crippen LogP contribution in [0.25, 0.3) is 11.4 Å². The van der Waals surface area contributed by atoms with Crippen molar-refractivity contribution in [2.24, 2.45) is 0 Å². The molecule has 1 fully saturated rings. The Labute approximate surface area is 162 Å². The van der Waals surface area contributed by atoms with Gasteiger partial charge in [0.1, 0.15) is 0 Å². The van der Waals surface area contributed by atoms with E-state index in [1.807, 2.05) is 30.3 Å². The molecule has 0 radical (unpaired) electrons. The summed E-state index contributed by atoms with van der Waals surface area (Å²) in [6, 6.07) is 10.2. The standard InChI is InChI=1S/C17H20Cl3N5/c1-25-11-5-8-13(25)9-10-21-16-23-14(12-6-3-2-4-7-12)22-15(24-16)17(18,19)20/h2-4,6-7,13H,5,8-11H2,1H3,(H,21,22,23,24). The molecule has 1 aromatic heterocycles. The van der Waals surface area contributed by atoms with Gasteiger partial charge in [-0.15, -0.1) is 0 Å². The largest absolute Gasteiger partial charge is 0.354 e. The number of nitrogens with one attached hydrogen (secondary N) is 1. The lowest BCUT2D eigenvalue weighted by molar-refractivity contribution is 0.301. The highest BCUT2D eigenvalue weighted by Crippen LogP contribution is 2.36. The maximum atomic E-state index is 5.99. The second-order valence-electron chi connectivity index (χ2n) is 6.16. The van der Waals surface area contributed by atoms with Gasteiger partial charge in [-0.3, -0.25) is 0 Å². The van der Waals surface area contributed by atoms with Crippen LogP contribution in [0.3, 0.4) is 0 Å². The molecule has 2 heterocycles. The van der Waals surface area contributed by atoms with Crippen LogP contribution in [0.1, 0.15) is 25.1 Å². The zero-order chi connectivity index (χ0) is 17.9. The molecule has 0 spiro atoms. The fourth-order valence-electron chi connectivity index (χ4n) is 2.99. The number of anilines is 1. The average Bonchev–Trinajstić information content (AvgIpc) is 3.00. The van der Waals surface area contributed by atoms with Crippen LogP contribution in [0.5, 0.6) is 0 Å². The third-order valence-corrected chi connectivity index (χ3v) is 4.86. The number of nitrogens with zero attached hydrogens (tertiary/aromatic N) is 4. The molecule has 0 amide bonds. The van der Waals surface area contributed by atoms with Gasteiger partial charge in [-0.25, -0.2) is 4.98 Å². The van der Waals surface area contributed by atoms with Crippen LogP contribution >= 0.6 is 34.8 Å². The molecule has 1 unspecified atom stereocenters. The summed E-state index contributed by atoms with van der Waals surface area (Å²) in [5.41, 5.74) is 0.846. The van der Waals surface area contributed by atoms with Crippen LogP contribution in [0.4, 0.5) is 5.95 Å². The van der Waals surface area contributed by atoms with Gasteiger partial charge in [0.25, 0.3) is 0 Å². The Morgan fingerprint density at radius 1 is 1.16 bits per heavy atom. The molecule has 0 aliphatic carbocycles. The first-order valence-corrected chi connectivity index (χ1v) is 9.39. The Balaban J connectivity index is 1.78. The van der Waals surface area contributed by atoms with Gasteiger partial charge < -0.3 is 10.2 Å². The number of aromatic nitrogens is 3. The van der Waals surface area contributed by atoms with Crippen molar-refractivity contribution in [1.82, 2.24) is 19.9 Å². The summed E-state index contributed by atoms with van der Waals surface area (Å²) in [7, 11) is 2.16. The minimum atomic E-state index is -1.70. The first-order chi connectivity index (χ1) is 11.9. The SMILES string of the molecule is CN1CCCC1CCNc1nc(-c2ccccc2)nc(C(Cl)(Cl)Cl)n1. The normalized spacial score (nSPS) is 18.5. The highest BCUT2D eigenvalue weighted by atomic mass is 35.6. The Kier molecular flexibility index (Phi) is 6.00. The maximum absolute atomic E-state index is 5.99. The second-order valence-corrected chi connectivity index (χ2v) is 8.44. The monoisotopic (exact) mass is 399 g/mol. The van der Waals surface area contributed by atoms with E-state index >= 15 is 0 Å². The Morgan fingerprint density at radius 2 is 1.92 bits per heavy atom. The molecule has 5 nitrogen and oxygen atoms in total. The Morgan fingerprint density at radius 3 is 2.56 bits per heavy atom. The third-order valence-electron chi connectivity index (χ3n) is 4.35. The van der Waals surface area contributed by atoms with E-state index in [2.05, 4.69) is 32.2 Å². The first kappa shape index (κ1) is 18.6. The third kappa shape index (κ3) is 4.94.